The summed E-state index contributed by atoms with van der Waals surface area (Å²) in [5.74, 6) is 2.07. The zero-order valence-corrected chi connectivity index (χ0v) is 40.3. The molecule has 7 aromatic carbocycles. The average Bonchev–Trinajstić information content (AvgIpc) is 3.31. The smallest absolute Gasteiger partial charge is 0.224 e. The zero-order chi connectivity index (χ0) is 46.2. The molecule has 2 aliphatic rings. The minimum Gasteiger partial charge on any atom is -0.349 e. The summed E-state index contributed by atoms with van der Waals surface area (Å²) in [4.78, 5) is 27.7. The Kier molecular flexibility index (Phi) is 13.1. The molecule has 4 nitrogen and oxygen atoms in total. The summed E-state index contributed by atoms with van der Waals surface area (Å²) in [5.41, 5.74) is 12.8. The number of benzene rings is 7. The van der Waals surface area contributed by atoms with Gasteiger partial charge in [-0.15, -0.1) is 0 Å². The molecule has 2 N–H and O–H groups in total. The molecule has 2 aliphatic carbocycles. The van der Waals surface area contributed by atoms with Crippen molar-refractivity contribution in [1.82, 2.24) is 10.6 Å². The minimum absolute atomic E-state index is 0.0173. The second-order valence-corrected chi connectivity index (χ2v) is 20.5. The molecule has 66 heavy (non-hydrogen) atoms. The normalized spacial score (nSPS) is 24.1. The van der Waals surface area contributed by atoms with E-state index in [1.165, 1.54) is 66.1 Å². The summed E-state index contributed by atoms with van der Waals surface area (Å²) in [6.07, 6.45) is 3.93. The average molecular weight is 873 g/mol. The number of fused-ring (bicyclic) bond motifs is 2. The van der Waals surface area contributed by atoms with Gasteiger partial charge in [0.1, 0.15) is 0 Å². The Labute approximate surface area is 393 Å². The van der Waals surface area contributed by atoms with E-state index >= 15 is 0 Å². The minimum atomic E-state index is -0.0225. The maximum Gasteiger partial charge on any atom is 0.224 e. The van der Waals surface area contributed by atoms with Gasteiger partial charge in [-0.1, -0.05) is 173 Å². The monoisotopic (exact) mass is 873 g/mol. The summed E-state index contributed by atoms with van der Waals surface area (Å²) in [7, 11) is 0. The third-order valence-corrected chi connectivity index (χ3v) is 16.1. The molecule has 0 aliphatic heterocycles. The van der Waals surface area contributed by atoms with Gasteiger partial charge in [-0.25, -0.2) is 0 Å². The summed E-state index contributed by atoms with van der Waals surface area (Å²) in [6, 6.07) is 52.6. The van der Waals surface area contributed by atoms with E-state index in [2.05, 4.69) is 175 Å². The van der Waals surface area contributed by atoms with Gasteiger partial charge in [0.15, 0.2) is 0 Å². The lowest BCUT2D eigenvalue weighted by Crippen LogP contribution is -2.42. The molecule has 0 bridgehead atoms. The molecule has 5 unspecified atom stereocenters. The quantitative estimate of drug-likeness (QED) is 0.144. The Hall–Kier alpha value is -6.00. The van der Waals surface area contributed by atoms with Crippen LogP contribution in [0.3, 0.4) is 0 Å². The van der Waals surface area contributed by atoms with Crippen LogP contribution in [0.5, 0.6) is 0 Å². The number of nitrogens with one attached hydrogen (secondary N) is 2. The Morgan fingerprint density at radius 2 is 0.758 bits per heavy atom. The molecule has 9 rings (SSSR count). The van der Waals surface area contributed by atoms with Crippen molar-refractivity contribution in [2.75, 3.05) is 0 Å². The van der Waals surface area contributed by atoms with Gasteiger partial charge in [0.25, 0.3) is 0 Å². The van der Waals surface area contributed by atoms with Crippen molar-refractivity contribution < 1.29 is 9.59 Å². The lowest BCUT2D eigenvalue weighted by Gasteiger charge is -2.39. The predicted molar refractivity (Wildman–Crippen MR) is 275 cm³/mol. The van der Waals surface area contributed by atoms with Crippen molar-refractivity contribution >= 4 is 33.4 Å². The Balaban J connectivity index is 0.997. The van der Waals surface area contributed by atoms with Crippen LogP contribution in [-0.4, -0.2) is 11.8 Å². The third kappa shape index (κ3) is 8.72. The molecule has 6 atom stereocenters. The van der Waals surface area contributed by atoms with E-state index in [1.807, 2.05) is 36.4 Å². The second kappa shape index (κ2) is 19.1. The highest BCUT2D eigenvalue weighted by atomic mass is 16.2. The van der Waals surface area contributed by atoms with Crippen LogP contribution < -0.4 is 10.6 Å². The summed E-state index contributed by atoms with van der Waals surface area (Å²) < 4.78 is 0. The van der Waals surface area contributed by atoms with Gasteiger partial charge in [0.05, 0.1) is 12.1 Å². The van der Waals surface area contributed by atoms with Crippen molar-refractivity contribution in [3.63, 3.8) is 0 Å². The van der Waals surface area contributed by atoms with Gasteiger partial charge in [0, 0.05) is 11.8 Å². The Morgan fingerprint density at radius 1 is 0.424 bits per heavy atom. The van der Waals surface area contributed by atoms with Gasteiger partial charge in [-0.3, -0.25) is 9.59 Å². The van der Waals surface area contributed by atoms with Crippen molar-refractivity contribution in [2.45, 2.75) is 105 Å². The molecular formula is C62H68N2O2. The molecule has 2 amide bonds. The first kappa shape index (κ1) is 45.2. The lowest BCUT2D eigenvalue weighted by molar-refractivity contribution is -0.131. The Morgan fingerprint density at radius 3 is 1.11 bits per heavy atom. The van der Waals surface area contributed by atoms with Gasteiger partial charge in [-0.2, -0.15) is 0 Å². The van der Waals surface area contributed by atoms with Crippen LogP contribution in [0.4, 0.5) is 0 Å². The number of amides is 2. The SMILES string of the molecule is Cc1c(-c2cccc3cccc(C4CC(C)C(C(=O)NC(C)c5ccccc5)C(C)C4)c23)ccc(-c2cccc3cccc(C4CC(C)C(C(=O)N[C@H](C)c5ccccc5)C(C)C4)c23)c1C. The molecule has 7 aromatic rings. The van der Waals surface area contributed by atoms with Crippen LogP contribution in [0.2, 0.25) is 0 Å². The summed E-state index contributed by atoms with van der Waals surface area (Å²) >= 11 is 0. The van der Waals surface area contributed by atoms with Crippen LogP contribution in [0.1, 0.15) is 125 Å². The molecule has 0 saturated heterocycles. The van der Waals surface area contributed by atoms with Gasteiger partial charge in [-0.05, 0) is 166 Å². The number of rotatable bonds is 10. The zero-order valence-electron chi connectivity index (χ0n) is 40.3. The van der Waals surface area contributed by atoms with Gasteiger partial charge < -0.3 is 10.6 Å². The van der Waals surface area contributed by atoms with Crippen LogP contribution in [0.25, 0.3) is 43.8 Å². The van der Waals surface area contributed by atoms with E-state index in [-0.39, 0.29) is 59.4 Å². The lowest BCUT2D eigenvalue weighted by atomic mass is 9.66. The maximum atomic E-state index is 13.9. The van der Waals surface area contributed by atoms with Gasteiger partial charge in [0.2, 0.25) is 11.8 Å². The standard InChI is InChI=1S/C62H68N2O2/c1-37-33-49(34-38(2)57(37)61(65)63-43(7)45-19-11-9-12-20-45)53-27-15-23-47-25-17-29-55(59(47)53)51-31-32-52(42(6)41(51)5)56-30-18-26-48-24-16-28-54(60(48)56)50-35-39(3)58(40(4)36-50)62(66)64-44(8)46-21-13-10-14-22-46/h9-32,37-40,43-44,49-50,57-58H,33-36H2,1-8H3,(H,63,65)(H,64,66)/t37?,38?,39?,40?,43-,44?,49?,50?,57?,58?/m1/s1. The highest BCUT2D eigenvalue weighted by molar-refractivity contribution is 6.03. The summed E-state index contributed by atoms with van der Waals surface area (Å²) in [6.45, 7) is 17.9. The first-order chi connectivity index (χ1) is 31.9. The predicted octanol–water partition coefficient (Wildman–Crippen LogP) is 15.2. The number of carbonyl (C=O) groups excluding carboxylic acids is 2. The maximum absolute atomic E-state index is 13.9. The molecular weight excluding hydrogens is 805 g/mol. The number of carbonyl (C=O) groups is 2. The van der Waals surface area contributed by atoms with Crippen molar-refractivity contribution in [3.05, 3.63) is 179 Å². The van der Waals surface area contributed by atoms with Crippen LogP contribution in [0.15, 0.2) is 146 Å². The highest BCUT2D eigenvalue weighted by Gasteiger charge is 2.40. The molecule has 0 heterocycles. The van der Waals surface area contributed by atoms with Crippen molar-refractivity contribution in [2.24, 2.45) is 35.5 Å². The molecule has 2 saturated carbocycles. The Bertz CT molecular complexity index is 2640. The fourth-order valence-electron chi connectivity index (χ4n) is 12.8. The highest BCUT2D eigenvalue weighted by Crippen LogP contribution is 2.49. The molecule has 4 heteroatoms. The fraction of sp³-hybridized carbons (Fsp3) is 0.355. The van der Waals surface area contributed by atoms with E-state index in [4.69, 9.17) is 0 Å². The molecule has 0 radical (unpaired) electrons. The first-order valence-electron chi connectivity index (χ1n) is 24.7. The van der Waals surface area contributed by atoms with E-state index in [0.717, 1.165) is 36.8 Å². The second-order valence-electron chi connectivity index (χ2n) is 20.5. The van der Waals surface area contributed by atoms with Crippen molar-refractivity contribution in [1.29, 1.82) is 0 Å². The first-order valence-corrected chi connectivity index (χ1v) is 24.7. The van der Waals surface area contributed by atoms with Crippen molar-refractivity contribution in [3.8, 4) is 22.3 Å². The molecule has 338 valence electrons. The number of hydrogen-bond acceptors (Lipinski definition) is 2. The summed E-state index contributed by atoms with van der Waals surface area (Å²) in [5, 5.41) is 11.9. The van der Waals surface area contributed by atoms with Crippen LogP contribution >= 0.6 is 0 Å². The molecule has 2 fully saturated rings. The number of hydrogen-bond donors (Lipinski definition) is 2. The fourth-order valence-corrected chi connectivity index (χ4v) is 12.8. The molecule has 0 aromatic heterocycles. The third-order valence-electron chi connectivity index (χ3n) is 16.1. The van der Waals surface area contributed by atoms with Crippen LogP contribution in [-0.2, 0) is 9.59 Å². The topological polar surface area (TPSA) is 58.2 Å². The van der Waals surface area contributed by atoms with Gasteiger partial charge >= 0.3 is 0 Å². The van der Waals surface area contributed by atoms with E-state index in [1.54, 1.807) is 0 Å². The van der Waals surface area contributed by atoms with E-state index in [0.29, 0.717) is 11.8 Å². The largest absolute Gasteiger partial charge is 0.349 e. The molecule has 0 spiro atoms. The van der Waals surface area contributed by atoms with E-state index < -0.39 is 0 Å². The van der Waals surface area contributed by atoms with E-state index in [9.17, 15) is 9.59 Å². The van der Waals surface area contributed by atoms with Crippen LogP contribution in [0, 0.1) is 49.4 Å².